The van der Waals surface area contributed by atoms with Gasteiger partial charge in [0.15, 0.2) is 0 Å². The van der Waals surface area contributed by atoms with Crippen molar-refractivity contribution in [3.63, 3.8) is 0 Å². The van der Waals surface area contributed by atoms with Gasteiger partial charge in [-0.1, -0.05) is 130 Å². The molecule has 55 heavy (non-hydrogen) atoms. The summed E-state index contributed by atoms with van der Waals surface area (Å²) in [4.78, 5) is 5.63. The first-order chi connectivity index (χ1) is 26.9. The molecule has 2 heteroatoms. The molecule has 272 valence electrons. The highest BCUT2D eigenvalue weighted by atomic mass is 16.3. The lowest BCUT2D eigenvalue weighted by Crippen LogP contribution is -2.14. The van der Waals surface area contributed by atoms with Crippen molar-refractivity contribution in [1.82, 2.24) is 0 Å². The van der Waals surface area contributed by atoms with Gasteiger partial charge in [0.1, 0.15) is 11.3 Å². The van der Waals surface area contributed by atoms with Crippen molar-refractivity contribution in [1.29, 1.82) is 0 Å². The fourth-order valence-corrected chi connectivity index (χ4v) is 9.09. The van der Waals surface area contributed by atoms with Gasteiger partial charge in [0.2, 0.25) is 0 Å². The Labute approximate surface area is 325 Å². The number of para-hydroxylation sites is 1. The van der Waals surface area contributed by atoms with E-state index in [0.29, 0.717) is 0 Å². The number of fused-ring (bicyclic) bond motifs is 9. The van der Waals surface area contributed by atoms with Crippen LogP contribution in [0.2, 0.25) is 0 Å². The smallest absolute Gasteiger partial charge is 0.144 e. The van der Waals surface area contributed by atoms with Crippen LogP contribution >= 0.6 is 0 Å². The SMILES string of the molecule is CC/C=C(/N=C(/c1cccc(C)c1-c1ccc(-c2ccc3c4c(c5ccccc5c3c2)CCC=C4)cc1C)C(C)CC)c1cccc2c3c(oc12)C=CCC3. The summed E-state index contributed by atoms with van der Waals surface area (Å²) < 4.78 is 6.57. The molecule has 0 saturated carbocycles. The van der Waals surface area contributed by atoms with Crippen molar-refractivity contribution in [3.05, 3.63) is 160 Å². The minimum atomic E-state index is 0.250. The number of rotatable bonds is 8. The van der Waals surface area contributed by atoms with Crippen LogP contribution in [0.4, 0.5) is 0 Å². The zero-order valence-corrected chi connectivity index (χ0v) is 32.8. The van der Waals surface area contributed by atoms with Crippen LogP contribution in [0.3, 0.4) is 0 Å². The molecule has 0 N–H and O–H groups in total. The van der Waals surface area contributed by atoms with Crippen molar-refractivity contribution < 1.29 is 4.42 Å². The van der Waals surface area contributed by atoms with E-state index in [0.717, 1.165) is 66.8 Å². The molecule has 2 aliphatic carbocycles. The summed E-state index contributed by atoms with van der Waals surface area (Å²) in [7, 11) is 0. The Balaban J connectivity index is 1.16. The zero-order valence-electron chi connectivity index (χ0n) is 32.8. The monoisotopic (exact) mass is 715 g/mol. The third-order valence-electron chi connectivity index (χ3n) is 12.1. The zero-order chi connectivity index (χ0) is 37.6. The molecule has 1 atom stereocenters. The molecule has 1 unspecified atom stereocenters. The normalized spacial score (nSPS) is 14.9. The molecular formula is C53H49NO. The topological polar surface area (TPSA) is 25.5 Å². The molecule has 2 aliphatic rings. The second-order valence-corrected chi connectivity index (χ2v) is 15.5. The predicted octanol–water partition coefficient (Wildman–Crippen LogP) is 14.9. The number of furan rings is 1. The van der Waals surface area contributed by atoms with Crippen LogP contribution in [-0.4, -0.2) is 5.71 Å². The second kappa shape index (κ2) is 14.5. The minimum absolute atomic E-state index is 0.250. The number of benzene rings is 6. The first-order valence-corrected chi connectivity index (χ1v) is 20.3. The molecule has 7 aromatic rings. The van der Waals surface area contributed by atoms with Crippen molar-refractivity contribution in [2.24, 2.45) is 10.9 Å². The van der Waals surface area contributed by atoms with Crippen LogP contribution in [0.25, 0.3) is 72.6 Å². The molecule has 0 bridgehead atoms. The van der Waals surface area contributed by atoms with E-state index in [1.165, 1.54) is 82.6 Å². The number of hydrogen-bond acceptors (Lipinski definition) is 2. The first-order valence-electron chi connectivity index (χ1n) is 20.3. The highest BCUT2D eigenvalue weighted by Gasteiger charge is 2.23. The first kappa shape index (κ1) is 35.0. The molecule has 9 rings (SSSR count). The van der Waals surface area contributed by atoms with Gasteiger partial charge in [0.05, 0.1) is 11.4 Å². The van der Waals surface area contributed by atoms with Crippen molar-refractivity contribution in [2.45, 2.75) is 73.1 Å². The fourth-order valence-electron chi connectivity index (χ4n) is 9.09. The van der Waals surface area contributed by atoms with E-state index in [4.69, 9.17) is 9.41 Å². The summed E-state index contributed by atoms with van der Waals surface area (Å²) in [6, 6.07) is 36.3. The molecule has 0 fully saturated rings. The van der Waals surface area contributed by atoms with Crippen LogP contribution in [-0.2, 0) is 12.8 Å². The average molecular weight is 716 g/mol. The van der Waals surface area contributed by atoms with Gasteiger partial charge in [-0.25, -0.2) is 0 Å². The van der Waals surface area contributed by atoms with E-state index in [-0.39, 0.29) is 5.92 Å². The molecule has 2 nitrogen and oxygen atoms in total. The largest absolute Gasteiger partial charge is 0.456 e. The molecule has 0 spiro atoms. The Morgan fingerprint density at radius 3 is 2.24 bits per heavy atom. The summed E-state index contributed by atoms with van der Waals surface area (Å²) in [5.74, 6) is 1.24. The Morgan fingerprint density at radius 1 is 0.691 bits per heavy atom. The van der Waals surface area contributed by atoms with Gasteiger partial charge in [-0.05, 0) is 143 Å². The molecule has 0 amide bonds. The van der Waals surface area contributed by atoms with Crippen LogP contribution in [0.15, 0.2) is 125 Å². The Hall–Kier alpha value is -5.73. The molecule has 1 heterocycles. The highest BCUT2D eigenvalue weighted by Crippen LogP contribution is 2.41. The van der Waals surface area contributed by atoms with Gasteiger partial charge in [-0.15, -0.1) is 0 Å². The Bertz CT molecular complexity index is 2760. The standard InChI is InChI=1S/C53H49NO/c1-6-16-49(46-24-15-23-45-44-22-12-13-26-50(44)55-53(45)46)54-52(33(3)7-2)47-25-14-17-34(4)51(47)38-29-27-36(31-35(38)5)37-28-30-43-41-20-9-8-18-39(41)40-19-10-11-21-42(40)48(43)32-37/h9-11,13-17,19-21,23-33H,6-8,12,18,22H2,1-5H3/b49-16+,54-52+. The maximum absolute atomic E-state index is 6.57. The highest BCUT2D eigenvalue weighted by molar-refractivity contribution is 6.14. The van der Waals surface area contributed by atoms with E-state index in [9.17, 15) is 0 Å². The van der Waals surface area contributed by atoms with Crippen LogP contribution in [0.5, 0.6) is 0 Å². The summed E-state index contributed by atoms with van der Waals surface area (Å²) >= 11 is 0. The third kappa shape index (κ3) is 6.09. The van der Waals surface area contributed by atoms with Crippen LogP contribution in [0, 0.1) is 19.8 Å². The second-order valence-electron chi connectivity index (χ2n) is 15.5. The van der Waals surface area contributed by atoms with Gasteiger partial charge in [0.25, 0.3) is 0 Å². The van der Waals surface area contributed by atoms with Gasteiger partial charge >= 0.3 is 0 Å². The van der Waals surface area contributed by atoms with E-state index in [1.54, 1.807) is 0 Å². The summed E-state index contributed by atoms with van der Waals surface area (Å²) in [6.07, 6.45) is 17.4. The molecular weight excluding hydrogens is 667 g/mol. The lowest BCUT2D eigenvalue weighted by molar-refractivity contribution is 0.594. The van der Waals surface area contributed by atoms with E-state index >= 15 is 0 Å². The van der Waals surface area contributed by atoms with E-state index in [1.807, 2.05) is 0 Å². The van der Waals surface area contributed by atoms with E-state index < -0.39 is 0 Å². The maximum Gasteiger partial charge on any atom is 0.144 e. The van der Waals surface area contributed by atoms with Gasteiger partial charge < -0.3 is 4.42 Å². The number of aryl methyl sites for hydroxylation is 4. The number of hydrogen-bond donors (Lipinski definition) is 0. The third-order valence-corrected chi connectivity index (χ3v) is 12.1. The lowest BCUT2D eigenvalue weighted by atomic mass is 9.84. The number of aliphatic imine (C=N–C) groups is 1. The van der Waals surface area contributed by atoms with Crippen molar-refractivity contribution >= 4 is 56.1 Å². The van der Waals surface area contributed by atoms with Crippen molar-refractivity contribution in [3.8, 4) is 22.3 Å². The predicted molar refractivity (Wildman–Crippen MR) is 237 cm³/mol. The van der Waals surface area contributed by atoms with Crippen molar-refractivity contribution in [2.75, 3.05) is 0 Å². The van der Waals surface area contributed by atoms with E-state index in [2.05, 4.69) is 162 Å². The quantitative estimate of drug-likeness (QED) is 0.114. The molecule has 0 radical (unpaired) electrons. The molecule has 0 saturated heterocycles. The number of allylic oxidation sites excluding steroid dienone is 3. The molecule has 0 aliphatic heterocycles. The summed E-state index contributed by atoms with van der Waals surface area (Å²) in [6.45, 7) is 11.3. The van der Waals surface area contributed by atoms with Gasteiger partial charge in [-0.2, -0.15) is 0 Å². The van der Waals surface area contributed by atoms with Crippen LogP contribution in [0.1, 0.15) is 91.2 Å². The molecule has 6 aromatic carbocycles. The summed E-state index contributed by atoms with van der Waals surface area (Å²) in [5, 5.41) is 6.62. The maximum atomic E-state index is 6.57. The fraction of sp³-hybridized carbons (Fsp3) is 0.226. The Kier molecular flexibility index (Phi) is 9.22. The van der Waals surface area contributed by atoms with Gasteiger partial charge in [-0.3, -0.25) is 4.99 Å². The summed E-state index contributed by atoms with van der Waals surface area (Å²) in [5.41, 5.74) is 17.0. The Morgan fingerprint density at radius 2 is 1.42 bits per heavy atom. The molecule has 1 aromatic heterocycles. The van der Waals surface area contributed by atoms with Gasteiger partial charge in [0, 0.05) is 22.1 Å². The number of nitrogens with zero attached hydrogens (tertiary/aromatic N) is 1. The lowest BCUT2D eigenvalue weighted by Gasteiger charge is -2.21. The minimum Gasteiger partial charge on any atom is -0.456 e. The average Bonchev–Trinajstić information content (AvgIpc) is 3.61. The van der Waals surface area contributed by atoms with Crippen LogP contribution < -0.4 is 0 Å².